The highest BCUT2D eigenvalue weighted by atomic mass is 16.5. The van der Waals surface area contributed by atoms with Crippen LogP contribution in [0, 0.1) is 13.8 Å². The van der Waals surface area contributed by atoms with Crippen LogP contribution in [0.25, 0.3) is 10.8 Å². The zero-order chi connectivity index (χ0) is 21.0. The van der Waals surface area contributed by atoms with Crippen LogP contribution in [-0.4, -0.2) is 25.5 Å². The molecule has 150 valence electrons. The van der Waals surface area contributed by atoms with Gasteiger partial charge in [-0.3, -0.25) is 9.59 Å². The van der Waals surface area contributed by atoms with Gasteiger partial charge >= 0.3 is 0 Å². The normalized spacial score (nSPS) is 11.7. The molecular weight excluding hydrogens is 364 g/mol. The largest absolute Gasteiger partial charge is 0.497 e. The van der Waals surface area contributed by atoms with Crippen molar-refractivity contribution < 1.29 is 14.3 Å². The van der Waals surface area contributed by atoms with Gasteiger partial charge in [0.05, 0.1) is 19.6 Å². The molecule has 1 atom stereocenters. The number of benzene rings is 3. The molecule has 0 unspecified atom stereocenters. The number of carbonyl (C=O) groups excluding carboxylic acids is 2. The first-order valence-corrected chi connectivity index (χ1v) is 9.60. The Morgan fingerprint density at radius 3 is 2.48 bits per heavy atom. The first kappa shape index (κ1) is 20.4. The Hall–Kier alpha value is -3.34. The second kappa shape index (κ2) is 8.78. The van der Waals surface area contributed by atoms with Crippen LogP contribution in [0.3, 0.4) is 0 Å². The molecule has 3 aromatic rings. The molecule has 2 N–H and O–H groups in total. The molecule has 0 radical (unpaired) electrons. The highest BCUT2D eigenvalue weighted by molar-refractivity contribution is 5.96. The van der Waals surface area contributed by atoms with Crippen molar-refractivity contribution in [3.8, 4) is 5.75 Å². The summed E-state index contributed by atoms with van der Waals surface area (Å²) in [5.41, 5.74) is 3.79. The molecule has 29 heavy (non-hydrogen) atoms. The van der Waals surface area contributed by atoms with E-state index in [9.17, 15) is 9.59 Å². The zero-order valence-corrected chi connectivity index (χ0v) is 17.2. The number of rotatable bonds is 6. The van der Waals surface area contributed by atoms with E-state index in [4.69, 9.17) is 4.74 Å². The molecule has 0 bridgehead atoms. The third-order valence-corrected chi connectivity index (χ3v) is 5.27. The van der Waals surface area contributed by atoms with Gasteiger partial charge in [0, 0.05) is 5.69 Å². The molecular formula is C24H26N2O3. The minimum atomic E-state index is -0.366. The van der Waals surface area contributed by atoms with Crippen molar-refractivity contribution in [1.29, 1.82) is 0 Å². The molecule has 2 amide bonds. The van der Waals surface area contributed by atoms with Gasteiger partial charge in [0.2, 0.25) is 11.8 Å². The maximum Gasteiger partial charge on any atom is 0.243 e. The number of aryl methyl sites for hydroxylation is 1. The number of amides is 2. The van der Waals surface area contributed by atoms with Crippen molar-refractivity contribution in [2.24, 2.45) is 0 Å². The maximum atomic E-state index is 12.5. The van der Waals surface area contributed by atoms with Crippen LogP contribution in [0.5, 0.6) is 5.75 Å². The van der Waals surface area contributed by atoms with E-state index in [1.807, 2.05) is 75.4 Å². The van der Waals surface area contributed by atoms with Crippen molar-refractivity contribution in [3.05, 3.63) is 71.3 Å². The van der Waals surface area contributed by atoms with Gasteiger partial charge in [-0.1, -0.05) is 36.4 Å². The van der Waals surface area contributed by atoms with Crippen molar-refractivity contribution in [2.45, 2.75) is 26.7 Å². The lowest BCUT2D eigenvalue weighted by atomic mass is 9.97. The topological polar surface area (TPSA) is 67.4 Å². The molecule has 0 saturated heterocycles. The van der Waals surface area contributed by atoms with Gasteiger partial charge < -0.3 is 15.4 Å². The van der Waals surface area contributed by atoms with Crippen LogP contribution in [0.2, 0.25) is 0 Å². The van der Waals surface area contributed by atoms with E-state index in [0.717, 1.165) is 38.9 Å². The maximum absolute atomic E-state index is 12.5. The molecule has 0 aliphatic rings. The first-order chi connectivity index (χ1) is 13.9. The quantitative estimate of drug-likeness (QED) is 0.659. The highest BCUT2D eigenvalue weighted by Crippen LogP contribution is 2.25. The molecule has 3 rings (SSSR count). The molecule has 0 aliphatic heterocycles. The number of methoxy groups -OCH3 is 1. The monoisotopic (exact) mass is 390 g/mol. The predicted octanol–water partition coefficient (Wildman–Crippen LogP) is 4.32. The Morgan fingerprint density at radius 1 is 1.00 bits per heavy atom. The van der Waals surface area contributed by atoms with Gasteiger partial charge in [-0.25, -0.2) is 0 Å². The summed E-state index contributed by atoms with van der Waals surface area (Å²) < 4.78 is 5.25. The first-order valence-electron chi connectivity index (χ1n) is 9.60. The van der Waals surface area contributed by atoms with E-state index in [1.165, 1.54) is 0 Å². The second-order valence-corrected chi connectivity index (χ2v) is 7.21. The van der Waals surface area contributed by atoms with Crippen LogP contribution in [0.15, 0.2) is 54.6 Å². The van der Waals surface area contributed by atoms with Crippen molar-refractivity contribution >= 4 is 28.3 Å². The van der Waals surface area contributed by atoms with Crippen molar-refractivity contribution in [3.63, 3.8) is 0 Å². The van der Waals surface area contributed by atoms with E-state index in [-0.39, 0.29) is 24.3 Å². The Labute approximate surface area is 171 Å². The molecule has 3 aromatic carbocycles. The highest BCUT2D eigenvalue weighted by Gasteiger charge is 2.17. The van der Waals surface area contributed by atoms with Gasteiger partial charge in [-0.2, -0.15) is 0 Å². The summed E-state index contributed by atoms with van der Waals surface area (Å²) in [5.74, 6) is -0.000240. The van der Waals surface area contributed by atoms with E-state index >= 15 is 0 Å². The van der Waals surface area contributed by atoms with Crippen molar-refractivity contribution in [2.75, 3.05) is 19.0 Å². The SMILES string of the molecule is COc1ccc2cc([C@H](C)C(=O)NCC(=O)Nc3cccc(C)c3C)ccc2c1. The number of ether oxygens (including phenoxy) is 1. The number of fused-ring (bicyclic) bond motifs is 1. The van der Waals surface area contributed by atoms with E-state index < -0.39 is 0 Å². The van der Waals surface area contributed by atoms with Crippen LogP contribution < -0.4 is 15.4 Å². The smallest absolute Gasteiger partial charge is 0.243 e. The zero-order valence-electron chi connectivity index (χ0n) is 17.2. The van der Waals surface area contributed by atoms with Gasteiger partial charge in [-0.05, 0) is 66.4 Å². The third kappa shape index (κ3) is 4.74. The lowest BCUT2D eigenvalue weighted by Crippen LogP contribution is -2.35. The summed E-state index contributed by atoms with van der Waals surface area (Å²) in [7, 11) is 1.64. The lowest BCUT2D eigenvalue weighted by molar-refractivity contribution is -0.125. The summed E-state index contributed by atoms with van der Waals surface area (Å²) in [6.07, 6.45) is 0. The van der Waals surface area contributed by atoms with E-state index in [1.54, 1.807) is 7.11 Å². The number of nitrogens with one attached hydrogen (secondary N) is 2. The summed E-state index contributed by atoms with van der Waals surface area (Å²) in [6.45, 7) is 5.72. The van der Waals surface area contributed by atoms with E-state index in [2.05, 4.69) is 10.6 Å². The Morgan fingerprint density at radius 2 is 1.72 bits per heavy atom. The Kier molecular flexibility index (Phi) is 6.17. The summed E-state index contributed by atoms with van der Waals surface area (Å²) >= 11 is 0. The Balaban J connectivity index is 1.62. The molecule has 0 aliphatic carbocycles. The Bertz CT molecular complexity index is 1060. The predicted molar refractivity (Wildman–Crippen MR) is 116 cm³/mol. The van der Waals surface area contributed by atoms with E-state index in [0.29, 0.717) is 0 Å². The fourth-order valence-corrected chi connectivity index (χ4v) is 3.19. The van der Waals surface area contributed by atoms with Gasteiger partial charge in [-0.15, -0.1) is 0 Å². The number of carbonyl (C=O) groups is 2. The van der Waals surface area contributed by atoms with Crippen LogP contribution in [0.1, 0.15) is 29.5 Å². The summed E-state index contributed by atoms with van der Waals surface area (Å²) in [5, 5.41) is 7.67. The van der Waals surface area contributed by atoms with Crippen molar-refractivity contribution in [1.82, 2.24) is 5.32 Å². The van der Waals surface area contributed by atoms with Gasteiger partial charge in [0.15, 0.2) is 0 Å². The van der Waals surface area contributed by atoms with Crippen LogP contribution in [0.4, 0.5) is 5.69 Å². The summed E-state index contributed by atoms with van der Waals surface area (Å²) in [6, 6.07) is 17.5. The number of hydrogen-bond acceptors (Lipinski definition) is 3. The minimum absolute atomic E-state index is 0.0681. The van der Waals surface area contributed by atoms with Crippen LogP contribution >= 0.6 is 0 Å². The van der Waals surface area contributed by atoms with Gasteiger partial charge in [0.1, 0.15) is 5.75 Å². The summed E-state index contributed by atoms with van der Waals surface area (Å²) in [4.78, 5) is 24.8. The molecule has 0 aromatic heterocycles. The van der Waals surface area contributed by atoms with Crippen LogP contribution in [-0.2, 0) is 9.59 Å². The fourth-order valence-electron chi connectivity index (χ4n) is 3.19. The lowest BCUT2D eigenvalue weighted by Gasteiger charge is -2.14. The molecule has 0 heterocycles. The second-order valence-electron chi connectivity index (χ2n) is 7.21. The fraction of sp³-hybridized carbons (Fsp3) is 0.250. The molecule has 0 saturated carbocycles. The number of anilines is 1. The minimum Gasteiger partial charge on any atom is -0.497 e. The number of hydrogen-bond donors (Lipinski definition) is 2. The standard InChI is InChI=1S/C24H26N2O3/c1-15-6-5-7-22(16(15)2)26-23(27)14-25-24(28)17(3)18-8-9-20-13-21(29-4)11-10-19(20)12-18/h5-13,17H,14H2,1-4H3,(H,25,28)(H,26,27)/t17-/m0/s1. The molecule has 5 heteroatoms. The molecule has 0 spiro atoms. The third-order valence-electron chi connectivity index (χ3n) is 5.27. The average Bonchev–Trinajstić information content (AvgIpc) is 2.74. The molecule has 0 fully saturated rings. The average molecular weight is 390 g/mol. The molecule has 5 nitrogen and oxygen atoms in total. The van der Waals surface area contributed by atoms with Gasteiger partial charge in [0.25, 0.3) is 0 Å².